The monoisotopic (exact) mass is 266 g/mol. The van der Waals surface area contributed by atoms with Gasteiger partial charge in [0, 0.05) is 44.5 Å². The van der Waals surface area contributed by atoms with E-state index in [9.17, 15) is 14.9 Å². The fraction of sp³-hybridized carbons (Fsp3) is 0.462. The molecule has 0 heterocycles. The van der Waals surface area contributed by atoms with Crippen LogP contribution in [0.15, 0.2) is 18.2 Å². The van der Waals surface area contributed by atoms with E-state index in [0.29, 0.717) is 24.3 Å². The number of aryl methyl sites for hydroxylation is 1. The van der Waals surface area contributed by atoms with E-state index in [2.05, 4.69) is 0 Å². The fourth-order valence-corrected chi connectivity index (χ4v) is 1.76. The lowest BCUT2D eigenvalue weighted by Crippen LogP contribution is -2.28. The molecule has 0 aliphatic rings. The maximum Gasteiger partial charge on any atom is 0.272 e. The van der Waals surface area contributed by atoms with Gasteiger partial charge in [-0.2, -0.15) is 0 Å². The van der Waals surface area contributed by atoms with Gasteiger partial charge in [0.15, 0.2) is 0 Å². The molecule has 0 saturated carbocycles. The molecule has 1 aromatic carbocycles. The maximum absolute atomic E-state index is 12.1. The number of methoxy groups -OCH3 is 1. The van der Waals surface area contributed by atoms with Crippen LogP contribution >= 0.6 is 0 Å². The van der Waals surface area contributed by atoms with Crippen molar-refractivity contribution in [1.82, 2.24) is 4.90 Å². The Morgan fingerprint density at radius 1 is 1.47 bits per heavy atom. The predicted octanol–water partition coefficient (Wildman–Crippen LogP) is 2.01. The molecule has 104 valence electrons. The summed E-state index contributed by atoms with van der Waals surface area (Å²) in [5, 5.41) is 10.7. The molecule has 0 saturated heterocycles. The molecular weight excluding hydrogens is 248 g/mol. The number of nitro benzene ring substituents is 1. The number of ether oxygens (including phenoxy) is 1. The van der Waals surface area contributed by atoms with Crippen LogP contribution < -0.4 is 0 Å². The normalized spacial score (nSPS) is 10.3. The first kappa shape index (κ1) is 15.1. The van der Waals surface area contributed by atoms with Gasteiger partial charge in [-0.3, -0.25) is 14.9 Å². The van der Waals surface area contributed by atoms with E-state index < -0.39 is 4.92 Å². The lowest BCUT2D eigenvalue weighted by atomic mass is 10.1. The highest BCUT2D eigenvalue weighted by Gasteiger charge is 2.16. The molecule has 6 heteroatoms. The first-order chi connectivity index (χ1) is 8.97. The largest absolute Gasteiger partial charge is 0.385 e. The predicted molar refractivity (Wildman–Crippen MR) is 71.3 cm³/mol. The summed E-state index contributed by atoms with van der Waals surface area (Å²) < 4.78 is 4.93. The molecule has 0 atom stereocenters. The molecule has 6 nitrogen and oxygen atoms in total. The van der Waals surface area contributed by atoms with Crippen LogP contribution in [0.2, 0.25) is 0 Å². The molecule has 19 heavy (non-hydrogen) atoms. The summed E-state index contributed by atoms with van der Waals surface area (Å²) >= 11 is 0. The Kier molecular flexibility index (Phi) is 5.44. The highest BCUT2D eigenvalue weighted by Crippen LogP contribution is 2.19. The van der Waals surface area contributed by atoms with E-state index in [4.69, 9.17) is 4.74 Å². The van der Waals surface area contributed by atoms with E-state index in [-0.39, 0.29) is 11.6 Å². The van der Waals surface area contributed by atoms with Gasteiger partial charge in [0.05, 0.1) is 4.92 Å². The van der Waals surface area contributed by atoms with Crippen molar-refractivity contribution in [3.63, 3.8) is 0 Å². The molecule has 0 fully saturated rings. The van der Waals surface area contributed by atoms with Crippen LogP contribution in [-0.4, -0.2) is 43.0 Å². The van der Waals surface area contributed by atoms with Crippen LogP contribution in [0.4, 0.5) is 5.69 Å². The van der Waals surface area contributed by atoms with Gasteiger partial charge in [-0.15, -0.1) is 0 Å². The van der Waals surface area contributed by atoms with E-state index in [1.54, 1.807) is 32.0 Å². The quantitative estimate of drug-likeness (QED) is 0.448. The van der Waals surface area contributed by atoms with Crippen molar-refractivity contribution in [2.75, 3.05) is 27.3 Å². The molecule has 0 aromatic heterocycles. The minimum Gasteiger partial charge on any atom is -0.385 e. The van der Waals surface area contributed by atoms with Gasteiger partial charge >= 0.3 is 0 Å². The SMILES string of the molecule is COCCCN(C)C(=O)c1ccc([N+](=O)[O-])c(C)c1. The molecule has 0 spiro atoms. The fourth-order valence-electron chi connectivity index (χ4n) is 1.76. The third kappa shape index (κ3) is 4.03. The number of nitrogens with zero attached hydrogens (tertiary/aromatic N) is 2. The third-order valence-corrected chi connectivity index (χ3v) is 2.83. The lowest BCUT2D eigenvalue weighted by molar-refractivity contribution is -0.385. The van der Waals surface area contributed by atoms with Crippen molar-refractivity contribution in [3.05, 3.63) is 39.4 Å². The Balaban J connectivity index is 2.77. The summed E-state index contributed by atoms with van der Waals surface area (Å²) in [6.45, 7) is 2.81. The van der Waals surface area contributed by atoms with Gasteiger partial charge in [-0.25, -0.2) is 0 Å². The van der Waals surface area contributed by atoms with Crippen LogP contribution in [0, 0.1) is 17.0 Å². The molecule has 0 N–H and O–H groups in total. The van der Waals surface area contributed by atoms with Crippen LogP contribution in [0.25, 0.3) is 0 Å². The molecule has 0 unspecified atom stereocenters. The van der Waals surface area contributed by atoms with Crippen molar-refractivity contribution in [2.24, 2.45) is 0 Å². The van der Waals surface area contributed by atoms with Gasteiger partial charge in [0.1, 0.15) is 0 Å². The van der Waals surface area contributed by atoms with E-state index in [1.165, 1.54) is 12.1 Å². The lowest BCUT2D eigenvalue weighted by Gasteiger charge is -2.17. The number of amides is 1. The highest BCUT2D eigenvalue weighted by atomic mass is 16.6. The number of carbonyl (C=O) groups excluding carboxylic acids is 1. The standard InChI is InChI=1S/C13H18N2O4/c1-10-9-11(5-6-12(10)15(17)18)13(16)14(2)7-4-8-19-3/h5-6,9H,4,7-8H2,1-3H3. The topological polar surface area (TPSA) is 72.7 Å². The van der Waals surface area contributed by atoms with Gasteiger partial charge in [0.2, 0.25) is 0 Å². The van der Waals surface area contributed by atoms with Crippen LogP contribution in [0.1, 0.15) is 22.3 Å². The minimum atomic E-state index is -0.452. The average Bonchev–Trinajstić information content (AvgIpc) is 2.37. The molecule has 0 radical (unpaired) electrons. The summed E-state index contributed by atoms with van der Waals surface area (Å²) in [4.78, 5) is 23.9. The summed E-state index contributed by atoms with van der Waals surface area (Å²) in [7, 11) is 3.32. The molecule has 0 aliphatic heterocycles. The first-order valence-corrected chi connectivity index (χ1v) is 5.96. The van der Waals surface area contributed by atoms with Crippen molar-refractivity contribution in [1.29, 1.82) is 0 Å². The van der Waals surface area contributed by atoms with Crippen LogP contribution in [-0.2, 0) is 4.74 Å². The highest BCUT2D eigenvalue weighted by molar-refractivity contribution is 5.94. The zero-order valence-corrected chi connectivity index (χ0v) is 11.4. The van der Waals surface area contributed by atoms with Crippen molar-refractivity contribution >= 4 is 11.6 Å². The van der Waals surface area contributed by atoms with Crippen molar-refractivity contribution < 1.29 is 14.5 Å². The zero-order valence-electron chi connectivity index (χ0n) is 11.4. The molecule has 0 aliphatic carbocycles. The number of benzene rings is 1. The van der Waals surface area contributed by atoms with Crippen LogP contribution in [0.5, 0.6) is 0 Å². The van der Waals surface area contributed by atoms with Gasteiger partial charge in [0.25, 0.3) is 11.6 Å². The minimum absolute atomic E-state index is 0.0265. The molecular formula is C13H18N2O4. The van der Waals surface area contributed by atoms with E-state index in [0.717, 1.165) is 6.42 Å². The molecule has 0 bridgehead atoms. The number of carbonyl (C=O) groups is 1. The maximum atomic E-state index is 12.1. The van der Waals surface area contributed by atoms with E-state index >= 15 is 0 Å². The second-order valence-corrected chi connectivity index (χ2v) is 4.33. The van der Waals surface area contributed by atoms with E-state index in [1.807, 2.05) is 0 Å². The van der Waals surface area contributed by atoms with Crippen molar-refractivity contribution in [3.8, 4) is 0 Å². The Labute approximate surface area is 112 Å². The van der Waals surface area contributed by atoms with Crippen molar-refractivity contribution in [2.45, 2.75) is 13.3 Å². The number of hydrogen-bond donors (Lipinski definition) is 0. The van der Waals surface area contributed by atoms with Gasteiger partial charge in [-0.1, -0.05) is 0 Å². The molecule has 1 rings (SSSR count). The molecule has 1 aromatic rings. The average molecular weight is 266 g/mol. The summed E-state index contributed by atoms with van der Waals surface area (Å²) in [5.41, 5.74) is 0.975. The number of nitro groups is 1. The Morgan fingerprint density at radius 2 is 2.16 bits per heavy atom. The Bertz CT molecular complexity index is 474. The van der Waals surface area contributed by atoms with Gasteiger partial charge < -0.3 is 9.64 Å². The second kappa shape index (κ2) is 6.84. The third-order valence-electron chi connectivity index (χ3n) is 2.83. The second-order valence-electron chi connectivity index (χ2n) is 4.33. The Morgan fingerprint density at radius 3 is 2.68 bits per heavy atom. The van der Waals surface area contributed by atoms with Crippen LogP contribution in [0.3, 0.4) is 0 Å². The number of hydrogen-bond acceptors (Lipinski definition) is 4. The number of rotatable bonds is 6. The molecule has 1 amide bonds. The Hall–Kier alpha value is -1.95. The summed E-state index contributed by atoms with van der Waals surface area (Å²) in [5.74, 6) is -0.144. The first-order valence-electron chi connectivity index (χ1n) is 5.96. The summed E-state index contributed by atoms with van der Waals surface area (Å²) in [6.07, 6.45) is 0.755. The summed E-state index contributed by atoms with van der Waals surface area (Å²) in [6, 6.07) is 4.40. The smallest absolute Gasteiger partial charge is 0.272 e. The van der Waals surface area contributed by atoms with Gasteiger partial charge in [-0.05, 0) is 25.5 Å². The zero-order chi connectivity index (χ0) is 14.4.